The van der Waals surface area contributed by atoms with Gasteiger partial charge in [-0.25, -0.2) is 0 Å². The Balaban J connectivity index is 1.83. The third-order valence-electron chi connectivity index (χ3n) is 5.16. The van der Waals surface area contributed by atoms with Crippen molar-refractivity contribution in [2.75, 3.05) is 19.3 Å². The molecule has 1 aliphatic carbocycles. The lowest BCUT2D eigenvalue weighted by Crippen LogP contribution is -2.31. The molecule has 0 radical (unpaired) electrons. The summed E-state index contributed by atoms with van der Waals surface area (Å²) >= 11 is 1.36. The minimum atomic E-state index is -0.0402. The lowest BCUT2D eigenvalue weighted by molar-refractivity contribution is -0.125. The molecule has 0 saturated heterocycles. The van der Waals surface area contributed by atoms with Crippen molar-refractivity contribution in [3.05, 3.63) is 18.2 Å². The Morgan fingerprint density at radius 3 is 2.64 bits per heavy atom. The summed E-state index contributed by atoms with van der Waals surface area (Å²) in [7, 11) is 1.66. The van der Waals surface area contributed by atoms with E-state index in [1.165, 1.54) is 16.3 Å². The molecule has 0 aliphatic heterocycles. The van der Waals surface area contributed by atoms with E-state index in [4.69, 9.17) is 0 Å². The van der Waals surface area contributed by atoms with E-state index in [1.54, 1.807) is 13.1 Å². The van der Waals surface area contributed by atoms with Gasteiger partial charge in [-0.15, -0.1) is 11.8 Å². The van der Waals surface area contributed by atoms with Gasteiger partial charge in [0.2, 0.25) is 17.7 Å². The first-order valence-electron chi connectivity index (χ1n) is 9.80. The van der Waals surface area contributed by atoms with Crippen LogP contribution in [0.2, 0.25) is 0 Å². The monoisotopic (exact) mass is 409 g/mol. The van der Waals surface area contributed by atoms with Crippen LogP contribution in [0.25, 0.3) is 0 Å². The summed E-state index contributed by atoms with van der Waals surface area (Å²) in [6.45, 7) is 2.95. The summed E-state index contributed by atoms with van der Waals surface area (Å²) in [5, 5.41) is 26.2. The number of amides is 2. The van der Waals surface area contributed by atoms with Gasteiger partial charge in [-0.1, -0.05) is 12.2 Å². The molecule has 156 valence electrons. The van der Waals surface area contributed by atoms with Crippen LogP contribution in [0, 0.1) is 11.8 Å². The van der Waals surface area contributed by atoms with E-state index < -0.39 is 0 Å². The lowest BCUT2D eigenvalue weighted by atomic mass is 9.81. The number of hydrogen-bond acceptors (Lipinski definition) is 5. The molecule has 1 aromatic rings. The van der Waals surface area contributed by atoms with Gasteiger partial charge < -0.3 is 20.8 Å². The number of nitrogens with one attached hydrogen (secondary N) is 2. The van der Waals surface area contributed by atoms with Crippen molar-refractivity contribution in [2.45, 2.75) is 50.5 Å². The highest BCUT2D eigenvalue weighted by Gasteiger charge is 2.27. The Morgan fingerprint density at radius 1 is 1.29 bits per heavy atom. The predicted octanol–water partition coefficient (Wildman–Crippen LogP) is 2.63. The van der Waals surface area contributed by atoms with Crippen LogP contribution >= 0.6 is 11.8 Å². The summed E-state index contributed by atoms with van der Waals surface area (Å²) in [6, 6.07) is 1.55. The first kappa shape index (κ1) is 22.2. The Morgan fingerprint density at radius 2 is 2.00 bits per heavy atom. The average molecular weight is 410 g/mol. The van der Waals surface area contributed by atoms with Crippen LogP contribution in [0.3, 0.4) is 0 Å². The first-order chi connectivity index (χ1) is 13.5. The molecule has 7 nitrogen and oxygen atoms in total. The van der Waals surface area contributed by atoms with E-state index in [9.17, 15) is 19.8 Å². The van der Waals surface area contributed by atoms with Crippen LogP contribution < -0.4 is 10.6 Å². The number of rotatable bonds is 9. The number of aromatic hydroxyl groups is 2. The molecular formula is C20H31N3O4S. The maximum Gasteiger partial charge on any atom is 0.222 e. The third kappa shape index (κ3) is 6.22. The van der Waals surface area contributed by atoms with Gasteiger partial charge in [-0.3, -0.25) is 14.2 Å². The van der Waals surface area contributed by atoms with Crippen molar-refractivity contribution >= 4 is 23.6 Å². The van der Waals surface area contributed by atoms with Crippen LogP contribution in [0.4, 0.5) is 0 Å². The molecule has 0 aromatic carbocycles. The second kappa shape index (κ2) is 11.0. The van der Waals surface area contributed by atoms with E-state index in [1.807, 2.05) is 19.1 Å². The maximum absolute atomic E-state index is 11.7. The molecule has 2 amide bonds. The fraction of sp³-hybridized carbons (Fsp3) is 0.600. The highest BCUT2D eigenvalue weighted by molar-refractivity contribution is 7.99. The SMILES string of the molecule is CC=CCNC(=O)CCSc1cc(O)n(CC2CCC(C(=O)NC)CC2)c1O. The van der Waals surface area contributed by atoms with Crippen LogP contribution in [0.1, 0.15) is 39.0 Å². The average Bonchev–Trinajstić information content (AvgIpc) is 2.95. The van der Waals surface area contributed by atoms with E-state index in [0.29, 0.717) is 36.1 Å². The molecule has 0 bridgehead atoms. The van der Waals surface area contributed by atoms with Gasteiger partial charge in [-0.05, 0) is 38.5 Å². The minimum Gasteiger partial charge on any atom is -0.494 e. The Labute approximate surface area is 170 Å². The van der Waals surface area contributed by atoms with Crippen molar-refractivity contribution < 1.29 is 19.8 Å². The molecule has 1 aliphatic rings. The third-order valence-corrected chi connectivity index (χ3v) is 6.18. The number of carbonyl (C=O) groups excluding carboxylic acids is 2. The molecule has 4 N–H and O–H groups in total. The van der Waals surface area contributed by atoms with Crippen LogP contribution in [0.5, 0.6) is 11.8 Å². The molecule has 0 atom stereocenters. The Bertz CT molecular complexity index is 694. The second-order valence-electron chi connectivity index (χ2n) is 7.10. The molecule has 1 aromatic heterocycles. The number of thioether (sulfide) groups is 1. The second-order valence-corrected chi connectivity index (χ2v) is 8.24. The molecule has 0 spiro atoms. The lowest BCUT2D eigenvalue weighted by Gasteiger charge is -2.28. The molecule has 1 saturated carbocycles. The predicted molar refractivity (Wildman–Crippen MR) is 110 cm³/mol. The number of carbonyl (C=O) groups is 2. The summed E-state index contributed by atoms with van der Waals surface area (Å²) in [5.74, 6) is 1.05. The van der Waals surface area contributed by atoms with Crippen molar-refractivity contribution in [2.24, 2.45) is 11.8 Å². The topological polar surface area (TPSA) is 104 Å². The van der Waals surface area contributed by atoms with Crippen molar-refractivity contribution in [1.29, 1.82) is 0 Å². The number of hydrogen-bond donors (Lipinski definition) is 4. The zero-order chi connectivity index (χ0) is 20.5. The minimum absolute atomic E-state index is 0.0333. The first-order valence-corrected chi connectivity index (χ1v) is 10.8. The van der Waals surface area contributed by atoms with Gasteiger partial charge in [0, 0.05) is 44.3 Å². The van der Waals surface area contributed by atoms with E-state index in [2.05, 4.69) is 10.6 Å². The number of nitrogens with zero attached hydrogens (tertiary/aromatic N) is 1. The van der Waals surface area contributed by atoms with E-state index >= 15 is 0 Å². The molecule has 0 unspecified atom stereocenters. The molecule has 28 heavy (non-hydrogen) atoms. The summed E-state index contributed by atoms with van der Waals surface area (Å²) in [4.78, 5) is 24.0. The van der Waals surface area contributed by atoms with E-state index in [-0.39, 0.29) is 29.5 Å². The van der Waals surface area contributed by atoms with Crippen molar-refractivity contribution in [3.8, 4) is 11.8 Å². The summed E-state index contributed by atoms with van der Waals surface area (Å²) in [6.07, 6.45) is 7.54. The quantitative estimate of drug-likeness (QED) is 0.371. The van der Waals surface area contributed by atoms with Crippen LogP contribution in [0.15, 0.2) is 23.1 Å². The largest absolute Gasteiger partial charge is 0.494 e. The molecular weight excluding hydrogens is 378 g/mol. The van der Waals surface area contributed by atoms with Crippen LogP contribution in [-0.4, -0.2) is 45.9 Å². The normalized spacial score (nSPS) is 19.6. The molecule has 2 rings (SSSR count). The smallest absolute Gasteiger partial charge is 0.222 e. The van der Waals surface area contributed by atoms with Gasteiger partial charge in [0.1, 0.15) is 0 Å². The van der Waals surface area contributed by atoms with Gasteiger partial charge in [0.05, 0.1) is 4.90 Å². The Hall–Kier alpha value is -2.09. The van der Waals surface area contributed by atoms with Gasteiger partial charge in [-0.2, -0.15) is 0 Å². The number of allylic oxidation sites excluding steroid dienone is 1. The fourth-order valence-corrected chi connectivity index (χ4v) is 4.43. The van der Waals surface area contributed by atoms with Gasteiger partial charge in [0.15, 0.2) is 5.88 Å². The maximum atomic E-state index is 11.7. The van der Waals surface area contributed by atoms with Crippen molar-refractivity contribution in [3.63, 3.8) is 0 Å². The molecule has 8 heteroatoms. The van der Waals surface area contributed by atoms with Crippen LogP contribution in [-0.2, 0) is 16.1 Å². The van der Waals surface area contributed by atoms with Crippen molar-refractivity contribution in [1.82, 2.24) is 15.2 Å². The Kier molecular flexibility index (Phi) is 8.76. The molecule has 1 heterocycles. The van der Waals surface area contributed by atoms with Gasteiger partial charge in [0.25, 0.3) is 0 Å². The van der Waals surface area contributed by atoms with Gasteiger partial charge >= 0.3 is 0 Å². The number of aromatic nitrogens is 1. The molecule has 1 fully saturated rings. The van der Waals surface area contributed by atoms with E-state index in [0.717, 1.165) is 25.7 Å². The standard InChI is InChI=1S/C20H31N3O4S/c1-3-4-10-22-17(24)9-11-28-16-12-18(25)23(20(16)27)13-14-5-7-15(8-6-14)19(26)21-2/h3-4,12,14-15,25,27H,5-11,13H2,1-2H3,(H,21,26)(H,22,24). The fourth-order valence-electron chi connectivity index (χ4n) is 3.49. The summed E-state index contributed by atoms with van der Waals surface area (Å²) < 4.78 is 1.53. The highest BCUT2D eigenvalue weighted by Crippen LogP contribution is 2.38. The zero-order valence-electron chi connectivity index (χ0n) is 16.6. The zero-order valence-corrected chi connectivity index (χ0v) is 17.4. The highest BCUT2D eigenvalue weighted by atomic mass is 32.2. The summed E-state index contributed by atoms with van der Waals surface area (Å²) in [5.41, 5.74) is 0.